The first kappa shape index (κ1) is 14.0. The molecule has 0 unspecified atom stereocenters. The first-order chi connectivity index (χ1) is 8.00. The van der Waals surface area contributed by atoms with E-state index in [1.807, 2.05) is 19.0 Å². The summed E-state index contributed by atoms with van der Waals surface area (Å²) in [4.78, 5) is 40.3. The fourth-order valence-electron chi connectivity index (χ4n) is 1.19. The molecule has 0 atom stereocenters. The van der Waals surface area contributed by atoms with Crippen LogP contribution >= 0.6 is 11.8 Å². The molecule has 17 heavy (non-hydrogen) atoms. The molecule has 0 aromatic heterocycles. The Bertz CT molecular complexity index is 303. The smallest absolute Gasteiger partial charge is 0.329 e. The van der Waals surface area contributed by atoms with Gasteiger partial charge < -0.3 is 9.74 Å². The standard InChI is InChI=1S/C10H16N2O4S/c1-11(2)5-6-17-7-10(15)16-12-8(13)3-4-9(12)14/h3-7H2,1-2H3. The fourth-order valence-corrected chi connectivity index (χ4v) is 2.05. The van der Waals surface area contributed by atoms with Gasteiger partial charge in [-0.1, -0.05) is 0 Å². The van der Waals surface area contributed by atoms with Gasteiger partial charge in [0.15, 0.2) is 0 Å². The number of carbonyl (C=O) groups excluding carboxylic acids is 3. The third-order valence-electron chi connectivity index (χ3n) is 2.10. The zero-order chi connectivity index (χ0) is 12.8. The average Bonchev–Trinajstić information content (AvgIpc) is 2.56. The number of carbonyl (C=O) groups is 3. The molecule has 1 fully saturated rings. The molecule has 0 aromatic carbocycles. The maximum atomic E-state index is 11.3. The van der Waals surface area contributed by atoms with Crippen LogP contribution in [0, 0.1) is 0 Å². The van der Waals surface area contributed by atoms with Crippen LogP contribution in [-0.2, 0) is 19.2 Å². The quantitative estimate of drug-likeness (QED) is 0.490. The number of rotatable bonds is 6. The largest absolute Gasteiger partial charge is 0.342 e. The predicted molar refractivity (Wildman–Crippen MR) is 63.1 cm³/mol. The van der Waals surface area contributed by atoms with Crippen LogP contribution in [-0.4, -0.2) is 59.9 Å². The highest BCUT2D eigenvalue weighted by atomic mass is 32.2. The molecule has 0 saturated carbocycles. The number of hydrogen-bond acceptors (Lipinski definition) is 6. The van der Waals surface area contributed by atoms with E-state index in [4.69, 9.17) is 4.84 Å². The van der Waals surface area contributed by atoms with Crippen molar-refractivity contribution >= 4 is 29.5 Å². The lowest BCUT2D eigenvalue weighted by Gasteiger charge is -2.12. The van der Waals surface area contributed by atoms with Crippen molar-refractivity contribution in [1.29, 1.82) is 0 Å². The fraction of sp³-hybridized carbons (Fsp3) is 0.700. The summed E-state index contributed by atoms with van der Waals surface area (Å²) in [5.41, 5.74) is 0. The van der Waals surface area contributed by atoms with Gasteiger partial charge >= 0.3 is 5.97 Å². The monoisotopic (exact) mass is 260 g/mol. The second kappa shape index (κ2) is 6.61. The average molecular weight is 260 g/mol. The summed E-state index contributed by atoms with van der Waals surface area (Å²) in [6.45, 7) is 0.861. The molecule has 1 aliphatic rings. The molecule has 0 radical (unpaired) electrons. The van der Waals surface area contributed by atoms with E-state index in [0.29, 0.717) is 5.06 Å². The third kappa shape index (κ3) is 4.74. The molecule has 2 amide bonds. The van der Waals surface area contributed by atoms with Crippen LogP contribution in [0.2, 0.25) is 0 Å². The number of hydrogen-bond donors (Lipinski definition) is 0. The molecular weight excluding hydrogens is 244 g/mol. The summed E-state index contributed by atoms with van der Waals surface area (Å²) in [5, 5.41) is 0.578. The summed E-state index contributed by atoms with van der Waals surface area (Å²) in [6, 6.07) is 0. The predicted octanol–water partition coefficient (Wildman–Crippen LogP) is -0.112. The van der Waals surface area contributed by atoms with Gasteiger partial charge in [0, 0.05) is 25.1 Å². The molecule has 7 heteroatoms. The Labute approximate surface area is 104 Å². The second-order valence-electron chi connectivity index (χ2n) is 3.90. The highest BCUT2D eigenvalue weighted by Gasteiger charge is 2.32. The molecule has 1 aliphatic heterocycles. The minimum absolute atomic E-state index is 0.125. The molecule has 6 nitrogen and oxygen atoms in total. The maximum Gasteiger partial charge on any atom is 0.342 e. The van der Waals surface area contributed by atoms with Crippen LogP contribution in [0.5, 0.6) is 0 Å². The summed E-state index contributed by atoms with van der Waals surface area (Å²) in [7, 11) is 3.89. The van der Waals surface area contributed by atoms with Crippen molar-refractivity contribution in [2.75, 3.05) is 32.1 Å². The second-order valence-corrected chi connectivity index (χ2v) is 5.01. The Balaban J connectivity index is 2.21. The first-order valence-electron chi connectivity index (χ1n) is 5.29. The Morgan fingerprint density at radius 1 is 1.35 bits per heavy atom. The van der Waals surface area contributed by atoms with Crippen LogP contribution in [0.15, 0.2) is 0 Å². The topological polar surface area (TPSA) is 66.9 Å². The number of imide groups is 1. The first-order valence-corrected chi connectivity index (χ1v) is 6.45. The van der Waals surface area contributed by atoms with Crippen molar-refractivity contribution < 1.29 is 19.2 Å². The summed E-state index contributed by atoms with van der Waals surface area (Å²) < 4.78 is 0. The molecule has 0 spiro atoms. The van der Waals surface area contributed by atoms with Gasteiger partial charge in [-0.05, 0) is 14.1 Å². The summed E-state index contributed by atoms with van der Waals surface area (Å²) >= 11 is 1.41. The minimum atomic E-state index is -0.558. The van der Waals surface area contributed by atoms with Crippen molar-refractivity contribution in [3.05, 3.63) is 0 Å². The molecule has 1 rings (SSSR count). The van der Waals surface area contributed by atoms with E-state index in [2.05, 4.69) is 0 Å². The van der Waals surface area contributed by atoms with Crippen molar-refractivity contribution in [2.24, 2.45) is 0 Å². The van der Waals surface area contributed by atoms with Crippen molar-refractivity contribution in [3.8, 4) is 0 Å². The summed E-state index contributed by atoms with van der Waals surface area (Å²) in [6.07, 6.45) is 0.250. The van der Waals surface area contributed by atoms with Gasteiger partial charge in [-0.25, -0.2) is 4.79 Å². The molecule has 0 bridgehead atoms. The van der Waals surface area contributed by atoms with Gasteiger partial charge in [0.2, 0.25) is 0 Å². The van der Waals surface area contributed by atoms with Crippen molar-refractivity contribution in [2.45, 2.75) is 12.8 Å². The zero-order valence-corrected chi connectivity index (χ0v) is 10.8. The van der Waals surface area contributed by atoms with Crippen molar-refractivity contribution in [1.82, 2.24) is 9.96 Å². The molecule has 1 heterocycles. The molecule has 0 aliphatic carbocycles. The molecule has 1 saturated heterocycles. The Morgan fingerprint density at radius 2 is 1.94 bits per heavy atom. The van der Waals surface area contributed by atoms with E-state index in [-0.39, 0.29) is 18.6 Å². The van der Waals surface area contributed by atoms with Crippen LogP contribution in [0.4, 0.5) is 0 Å². The third-order valence-corrected chi connectivity index (χ3v) is 3.01. The van der Waals surface area contributed by atoms with Crippen LogP contribution in [0.3, 0.4) is 0 Å². The van der Waals surface area contributed by atoms with Gasteiger partial charge in [-0.3, -0.25) is 9.59 Å². The van der Waals surface area contributed by atoms with Gasteiger partial charge in [0.25, 0.3) is 11.8 Å². The zero-order valence-electron chi connectivity index (χ0n) is 9.97. The highest BCUT2D eigenvalue weighted by Crippen LogP contribution is 2.13. The lowest BCUT2D eigenvalue weighted by atomic mass is 10.4. The molecular formula is C10H16N2O4S. The van der Waals surface area contributed by atoms with Crippen molar-refractivity contribution in [3.63, 3.8) is 0 Å². The molecule has 96 valence electrons. The number of thioether (sulfide) groups is 1. The van der Waals surface area contributed by atoms with Gasteiger partial charge in [0.05, 0.1) is 5.75 Å². The maximum absolute atomic E-state index is 11.3. The number of nitrogens with zero attached hydrogens (tertiary/aromatic N) is 2. The van der Waals surface area contributed by atoms with E-state index in [1.54, 1.807) is 0 Å². The Hall–Kier alpha value is -1.08. The van der Waals surface area contributed by atoms with E-state index in [0.717, 1.165) is 12.3 Å². The normalized spacial score (nSPS) is 15.8. The lowest BCUT2D eigenvalue weighted by Crippen LogP contribution is -2.32. The summed E-state index contributed by atoms with van der Waals surface area (Å²) in [5.74, 6) is -0.504. The van der Waals surface area contributed by atoms with E-state index >= 15 is 0 Å². The van der Waals surface area contributed by atoms with Gasteiger partial charge in [0.1, 0.15) is 0 Å². The number of hydroxylamine groups is 2. The highest BCUT2D eigenvalue weighted by molar-refractivity contribution is 7.99. The van der Waals surface area contributed by atoms with Crippen LogP contribution in [0.25, 0.3) is 0 Å². The van der Waals surface area contributed by atoms with Gasteiger partial charge in [-0.15, -0.1) is 16.8 Å². The minimum Gasteiger partial charge on any atom is -0.329 e. The number of amides is 2. The SMILES string of the molecule is CN(C)CCSCC(=O)ON1C(=O)CCC1=O. The van der Waals surface area contributed by atoms with E-state index in [9.17, 15) is 14.4 Å². The van der Waals surface area contributed by atoms with E-state index < -0.39 is 17.8 Å². The molecule has 0 N–H and O–H groups in total. The lowest BCUT2D eigenvalue weighted by molar-refractivity contribution is -0.195. The van der Waals surface area contributed by atoms with Crippen LogP contribution < -0.4 is 0 Å². The van der Waals surface area contributed by atoms with E-state index in [1.165, 1.54) is 11.8 Å². The Morgan fingerprint density at radius 3 is 2.47 bits per heavy atom. The Kier molecular flexibility index (Phi) is 5.43. The van der Waals surface area contributed by atoms with Crippen LogP contribution in [0.1, 0.15) is 12.8 Å². The van der Waals surface area contributed by atoms with Gasteiger partial charge in [-0.2, -0.15) is 0 Å². The molecule has 0 aromatic rings.